The molecule has 6 heteroatoms. The summed E-state index contributed by atoms with van der Waals surface area (Å²) in [6.45, 7) is 0. The molecule has 1 atom stereocenters. The number of halogens is 5. The number of aliphatic hydroxyl groups is 1. The van der Waals surface area contributed by atoms with E-state index in [9.17, 15) is 13.9 Å². The molecule has 2 aromatic rings. The largest absolute Gasteiger partial charge is 0.384 e. The second-order valence-corrected chi connectivity index (χ2v) is 6.48. The molecule has 0 aliphatic rings. The Labute approximate surface area is 134 Å². The van der Waals surface area contributed by atoms with Gasteiger partial charge in [0.1, 0.15) is 17.7 Å². The van der Waals surface area contributed by atoms with Crippen molar-refractivity contribution in [2.75, 3.05) is 0 Å². The van der Waals surface area contributed by atoms with Gasteiger partial charge in [0.25, 0.3) is 0 Å². The van der Waals surface area contributed by atoms with Gasteiger partial charge in [0, 0.05) is 20.1 Å². The molecule has 0 aliphatic heterocycles. The van der Waals surface area contributed by atoms with Crippen LogP contribution >= 0.6 is 47.8 Å². The van der Waals surface area contributed by atoms with Gasteiger partial charge in [-0.1, -0.05) is 31.9 Å². The van der Waals surface area contributed by atoms with E-state index in [2.05, 4.69) is 47.8 Å². The van der Waals surface area contributed by atoms with E-state index < -0.39 is 17.7 Å². The van der Waals surface area contributed by atoms with Gasteiger partial charge < -0.3 is 5.11 Å². The van der Waals surface area contributed by atoms with Crippen molar-refractivity contribution in [3.8, 4) is 0 Å². The molecule has 0 spiro atoms. The smallest absolute Gasteiger partial charge is 0.137 e. The summed E-state index contributed by atoms with van der Waals surface area (Å²) >= 11 is 9.45. The van der Waals surface area contributed by atoms with Gasteiger partial charge in [-0.2, -0.15) is 0 Å². The summed E-state index contributed by atoms with van der Waals surface area (Å²) in [6.07, 6.45) is -1.26. The third-order valence-electron chi connectivity index (χ3n) is 2.59. The highest BCUT2D eigenvalue weighted by Gasteiger charge is 2.20. The molecule has 2 aromatic carbocycles. The van der Waals surface area contributed by atoms with Crippen LogP contribution in [0.3, 0.4) is 0 Å². The van der Waals surface area contributed by atoms with Gasteiger partial charge in [-0.25, -0.2) is 8.78 Å². The molecule has 0 fully saturated rings. The van der Waals surface area contributed by atoms with Crippen LogP contribution in [0.2, 0.25) is 0 Å². The summed E-state index contributed by atoms with van der Waals surface area (Å²) in [5.41, 5.74) is 0.342. The van der Waals surface area contributed by atoms with E-state index in [1.54, 1.807) is 18.2 Å². The lowest BCUT2D eigenvalue weighted by Crippen LogP contribution is -2.04. The van der Waals surface area contributed by atoms with Gasteiger partial charge in [-0.05, 0) is 46.3 Å². The molecule has 1 nitrogen and oxygen atoms in total. The van der Waals surface area contributed by atoms with Crippen molar-refractivity contribution in [3.05, 3.63) is 66.5 Å². The highest BCUT2D eigenvalue weighted by molar-refractivity contribution is 9.11. The van der Waals surface area contributed by atoms with Crippen LogP contribution in [0.1, 0.15) is 17.2 Å². The van der Waals surface area contributed by atoms with Gasteiger partial charge in [0.2, 0.25) is 0 Å². The zero-order chi connectivity index (χ0) is 14.2. The molecule has 100 valence electrons. The summed E-state index contributed by atoms with van der Waals surface area (Å²) in [6, 6.07) is 7.12. The molecular weight excluding hydrogens is 450 g/mol. The minimum absolute atomic E-state index is 0.0225. The molecule has 0 heterocycles. The van der Waals surface area contributed by atoms with Gasteiger partial charge in [-0.15, -0.1) is 0 Å². The highest BCUT2D eigenvalue weighted by atomic mass is 79.9. The quantitative estimate of drug-likeness (QED) is 0.605. The Morgan fingerprint density at radius 1 is 0.842 bits per heavy atom. The molecule has 0 aliphatic carbocycles. The molecule has 0 bridgehead atoms. The average molecular weight is 457 g/mol. The van der Waals surface area contributed by atoms with Crippen LogP contribution in [0.25, 0.3) is 0 Å². The van der Waals surface area contributed by atoms with Crippen LogP contribution in [-0.2, 0) is 0 Å². The minimum Gasteiger partial charge on any atom is -0.384 e. The lowest BCUT2D eigenvalue weighted by molar-refractivity contribution is 0.213. The molecule has 0 amide bonds. The van der Waals surface area contributed by atoms with E-state index in [1.165, 1.54) is 0 Å². The number of aliphatic hydroxyl groups excluding tert-OH is 1. The summed E-state index contributed by atoms with van der Waals surface area (Å²) in [7, 11) is 0. The number of hydrogen-bond donors (Lipinski definition) is 1. The lowest BCUT2D eigenvalue weighted by Gasteiger charge is -2.15. The van der Waals surface area contributed by atoms with Crippen LogP contribution in [0.15, 0.2) is 43.7 Å². The van der Waals surface area contributed by atoms with Crippen molar-refractivity contribution in [3.63, 3.8) is 0 Å². The van der Waals surface area contributed by atoms with E-state index >= 15 is 0 Å². The second kappa shape index (κ2) is 5.99. The molecule has 0 radical (unpaired) electrons. The molecule has 0 saturated carbocycles. The minimum atomic E-state index is -1.26. The van der Waals surface area contributed by atoms with Crippen molar-refractivity contribution >= 4 is 47.8 Å². The predicted octanol–water partition coefficient (Wildman–Crippen LogP) is 5.33. The fourth-order valence-corrected chi connectivity index (χ4v) is 2.80. The maximum atomic E-state index is 13.8. The number of rotatable bonds is 2. The van der Waals surface area contributed by atoms with Crippen molar-refractivity contribution in [1.29, 1.82) is 0 Å². The van der Waals surface area contributed by atoms with E-state index in [1.807, 2.05) is 0 Å². The second-order valence-electron chi connectivity index (χ2n) is 3.86. The molecule has 0 aromatic heterocycles. The van der Waals surface area contributed by atoms with Gasteiger partial charge >= 0.3 is 0 Å². The third-order valence-corrected chi connectivity index (χ3v) is 4.41. The summed E-state index contributed by atoms with van der Waals surface area (Å²) < 4.78 is 28.7. The molecule has 0 saturated heterocycles. The summed E-state index contributed by atoms with van der Waals surface area (Å²) in [5.74, 6) is -1.30. The van der Waals surface area contributed by atoms with Crippen molar-refractivity contribution in [2.45, 2.75) is 6.10 Å². The third kappa shape index (κ3) is 3.24. The lowest BCUT2D eigenvalue weighted by atomic mass is 10.0. The Bertz CT molecular complexity index is 632. The Balaban J connectivity index is 2.52. The van der Waals surface area contributed by atoms with Crippen LogP contribution in [0.4, 0.5) is 8.78 Å². The molecule has 1 unspecified atom stereocenters. The maximum absolute atomic E-state index is 13.8. The fraction of sp³-hybridized carbons (Fsp3) is 0.0769. The Hall–Kier alpha value is -0.300. The van der Waals surface area contributed by atoms with Crippen molar-refractivity contribution in [1.82, 2.24) is 0 Å². The van der Waals surface area contributed by atoms with Gasteiger partial charge in [0.15, 0.2) is 0 Å². The molecule has 2 rings (SSSR count). The summed E-state index contributed by atoms with van der Waals surface area (Å²) in [5, 5.41) is 10.2. The van der Waals surface area contributed by atoms with Crippen LogP contribution in [0.5, 0.6) is 0 Å². The van der Waals surface area contributed by atoms with Crippen molar-refractivity contribution < 1.29 is 13.9 Å². The first kappa shape index (κ1) is 15.1. The SMILES string of the molecule is OC(c1cc(F)c(Br)cc1F)c1cc(Br)ccc1Br. The van der Waals surface area contributed by atoms with Crippen LogP contribution in [-0.4, -0.2) is 5.11 Å². The normalized spacial score (nSPS) is 12.5. The molecule has 19 heavy (non-hydrogen) atoms. The van der Waals surface area contributed by atoms with Gasteiger partial charge in [-0.3, -0.25) is 0 Å². The molecule has 1 N–H and O–H groups in total. The Kier molecular flexibility index (Phi) is 4.76. The first-order valence-corrected chi connectivity index (χ1v) is 7.55. The Morgan fingerprint density at radius 3 is 2.21 bits per heavy atom. The monoisotopic (exact) mass is 454 g/mol. The average Bonchev–Trinajstić information content (AvgIpc) is 2.36. The number of hydrogen-bond acceptors (Lipinski definition) is 1. The van der Waals surface area contributed by atoms with E-state index in [4.69, 9.17) is 0 Å². The highest BCUT2D eigenvalue weighted by Crippen LogP contribution is 2.33. The van der Waals surface area contributed by atoms with Crippen LogP contribution in [0, 0.1) is 11.6 Å². The number of benzene rings is 2. The van der Waals surface area contributed by atoms with E-state index in [0.717, 1.165) is 16.6 Å². The van der Waals surface area contributed by atoms with Gasteiger partial charge in [0.05, 0.1) is 4.47 Å². The first-order valence-electron chi connectivity index (χ1n) is 5.17. The van der Waals surface area contributed by atoms with Crippen LogP contribution < -0.4 is 0 Å². The molecular formula is C13H7Br3F2O. The van der Waals surface area contributed by atoms with E-state index in [-0.39, 0.29) is 10.0 Å². The standard InChI is InChI=1S/C13H7Br3F2O/c14-6-1-2-9(15)7(3-6)13(19)8-4-12(18)10(16)5-11(8)17/h1-5,13,19H. The Morgan fingerprint density at radius 2 is 1.53 bits per heavy atom. The topological polar surface area (TPSA) is 20.2 Å². The summed E-state index contributed by atoms with van der Waals surface area (Å²) in [4.78, 5) is 0. The zero-order valence-corrected chi connectivity index (χ0v) is 14.1. The van der Waals surface area contributed by atoms with Crippen molar-refractivity contribution in [2.24, 2.45) is 0 Å². The maximum Gasteiger partial charge on any atom is 0.137 e. The zero-order valence-electron chi connectivity index (χ0n) is 9.30. The van der Waals surface area contributed by atoms with E-state index in [0.29, 0.717) is 10.0 Å². The fourth-order valence-electron chi connectivity index (χ4n) is 1.64. The first-order chi connectivity index (χ1) is 8.90. The predicted molar refractivity (Wildman–Crippen MR) is 80.0 cm³/mol.